The quantitative estimate of drug-likeness (QED) is 0.775. The van der Waals surface area contributed by atoms with Gasteiger partial charge in [0.25, 0.3) is 0 Å². The van der Waals surface area contributed by atoms with Crippen molar-refractivity contribution in [3.8, 4) is 6.01 Å². The molecule has 0 spiro atoms. The summed E-state index contributed by atoms with van der Waals surface area (Å²) >= 11 is 0. The van der Waals surface area contributed by atoms with E-state index in [1.54, 1.807) is 6.20 Å². The Balaban J connectivity index is 1.85. The van der Waals surface area contributed by atoms with Crippen LogP contribution in [-0.2, 0) is 0 Å². The van der Waals surface area contributed by atoms with E-state index in [0.717, 1.165) is 25.5 Å². The van der Waals surface area contributed by atoms with Crippen LogP contribution in [0, 0.1) is 5.92 Å². The Hall–Kier alpha value is -1.36. The van der Waals surface area contributed by atoms with E-state index in [2.05, 4.69) is 20.6 Å². The first-order valence-electron chi connectivity index (χ1n) is 5.79. The second-order valence-corrected chi connectivity index (χ2v) is 3.92. The lowest BCUT2D eigenvalue weighted by atomic mass is 10.1. The molecule has 1 aliphatic heterocycles. The number of hydrogen-bond acceptors (Lipinski definition) is 5. The maximum absolute atomic E-state index is 5.57. The summed E-state index contributed by atoms with van der Waals surface area (Å²) < 4.78 is 5.57. The summed E-state index contributed by atoms with van der Waals surface area (Å²) in [5, 5.41) is 6.44. The van der Waals surface area contributed by atoms with Gasteiger partial charge in [0, 0.05) is 25.2 Å². The lowest BCUT2D eigenvalue weighted by Gasteiger charge is -2.09. The number of aromatic nitrogens is 2. The third-order valence-electron chi connectivity index (χ3n) is 2.60. The van der Waals surface area contributed by atoms with Crippen molar-refractivity contribution in [1.82, 2.24) is 15.3 Å². The predicted molar refractivity (Wildman–Crippen MR) is 62.7 cm³/mol. The molecule has 88 valence electrons. The van der Waals surface area contributed by atoms with E-state index in [9.17, 15) is 0 Å². The fraction of sp³-hybridized carbons (Fsp3) is 0.636. The molecule has 2 heterocycles. The van der Waals surface area contributed by atoms with Crippen LogP contribution >= 0.6 is 0 Å². The van der Waals surface area contributed by atoms with Gasteiger partial charge in [0.15, 0.2) is 0 Å². The summed E-state index contributed by atoms with van der Waals surface area (Å²) in [4.78, 5) is 8.35. The predicted octanol–water partition coefficient (Wildman–Crippen LogP) is 0.897. The highest BCUT2D eigenvalue weighted by Gasteiger charge is 2.15. The molecule has 0 saturated carbocycles. The smallest absolute Gasteiger partial charge is 0.318 e. The molecule has 2 rings (SSSR count). The normalized spacial score (nSPS) is 19.7. The number of ether oxygens (including phenoxy) is 1. The van der Waals surface area contributed by atoms with Crippen LogP contribution in [0.2, 0.25) is 0 Å². The Morgan fingerprint density at radius 1 is 1.62 bits per heavy atom. The molecular weight excluding hydrogens is 204 g/mol. The minimum Gasteiger partial charge on any atom is -0.463 e. The van der Waals surface area contributed by atoms with Gasteiger partial charge in [-0.05, 0) is 26.0 Å². The van der Waals surface area contributed by atoms with Gasteiger partial charge in [0.2, 0.25) is 0 Å². The zero-order valence-corrected chi connectivity index (χ0v) is 9.57. The van der Waals surface area contributed by atoms with Crippen molar-refractivity contribution in [3.05, 3.63) is 12.3 Å². The average Bonchev–Trinajstić information content (AvgIpc) is 2.80. The number of rotatable bonds is 5. The zero-order chi connectivity index (χ0) is 11.2. The first kappa shape index (κ1) is 11.1. The zero-order valence-electron chi connectivity index (χ0n) is 9.57. The minimum atomic E-state index is 0.463. The Bertz CT molecular complexity index is 326. The largest absolute Gasteiger partial charge is 0.463 e. The fourth-order valence-electron chi connectivity index (χ4n) is 1.74. The molecule has 0 amide bonds. The number of hydrogen-bond donors (Lipinski definition) is 2. The second kappa shape index (κ2) is 5.65. The molecule has 0 radical (unpaired) electrons. The van der Waals surface area contributed by atoms with Crippen LogP contribution in [0.15, 0.2) is 12.3 Å². The SMILES string of the molecule is CCNc1ccnc(OC[C@@H]2CCNC2)n1. The Morgan fingerprint density at radius 3 is 3.31 bits per heavy atom. The molecule has 1 aromatic heterocycles. The van der Waals surface area contributed by atoms with Gasteiger partial charge in [-0.25, -0.2) is 4.98 Å². The molecule has 1 aliphatic rings. The fourth-order valence-corrected chi connectivity index (χ4v) is 1.74. The van der Waals surface area contributed by atoms with Crippen molar-refractivity contribution in [2.75, 3.05) is 31.6 Å². The van der Waals surface area contributed by atoms with E-state index >= 15 is 0 Å². The van der Waals surface area contributed by atoms with Gasteiger partial charge in [-0.2, -0.15) is 4.98 Å². The second-order valence-electron chi connectivity index (χ2n) is 3.92. The summed E-state index contributed by atoms with van der Waals surface area (Å²) in [5.41, 5.74) is 0. The van der Waals surface area contributed by atoms with Crippen LogP contribution < -0.4 is 15.4 Å². The highest BCUT2D eigenvalue weighted by atomic mass is 16.5. The molecular formula is C11H18N4O. The molecule has 0 aromatic carbocycles. The van der Waals surface area contributed by atoms with Gasteiger partial charge < -0.3 is 15.4 Å². The van der Waals surface area contributed by atoms with Crippen molar-refractivity contribution < 1.29 is 4.74 Å². The number of anilines is 1. The molecule has 0 unspecified atom stereocenters. The summed E-state index contributed by atoms with van der Waals surface area (Å²) in [6.07, 6.45) is 2.89. The third-order valence-corrected chi connectivity index (χ3v) is 2.60. The van der Waals surface area contributed by atoms with Crippen molar-refractivity contribution in [1.29, 1.82) is 0 Å². The van der Waals surface area contributed by atoms with E-state index in [-0.39, 0.29) is 0 Å². The maximum atomic E-state index is 5.57. The molecule has 1 fully saturated rings. The van der Waals surface area contributed by atoms with Crippen LogP contribution in [0.4, 0.5) is 5.82 Å². The van der Waals surface area contributed by atoms with Gasteiger partial charge in [0.05, 0.1) is 6.61 Å². The Labute approximate surface area is 95.6 Å². The van der Waals surface area contributed by atoms with E-state index in [0.29, 0.717) is 18.5 Å². The van der Waals surface area contributed by atoms with Crippen LogP contribution in [-0.4, -0.2) is 36.2 Å². The molecule has 1 atom stereocenters. The van der Waals surface area contributed by atoms with E-state index < -0.39 is 0 Å². The third kappa shape index (κ3) is 3.06. The van der Waals surface area contributed by atoms with Crippen molar-refractivity contribution in [3.63, 3.8) is 0 Å². The van der Waals surface area contributed by atoms with Crippen molar-refractivity contribution in [2.24, 2.45) is 5.92 Å². The molecule has 1 saturated heterocycles. The molecule has 2 N–H and O–H groups in total. The van der Waals surface area contributed by atoms with Crippen LogP contribution in [0.5, 0.6) is 6.01 Å². The van der Waals surface area contributed by atoms with Crippen LogP contribution in [0.3, 0.4) is 0 Å². The highest BCUT2D eigenvalue weighted by molar-refractivity contribution is 5.33. The maximum Gasteiger partial charge on any atom is 0.318 e. The molecule has 0 bridgehead atoms. The monoisotopic (exact) mass is 222 g/mol. The van der Waals surface area contributed by atoms with Gasteiger partial charge >= 0.3 is 6.01 Å². The summed E-state index contributed by atoms with van der Waals surface area (Å²) in [6.45, 7) is 5.71. The lowest BCUT2D eigenvalue weighted by Crippen LogP contribution is -2.16. The highest BCUT2D eigenvalue weighted by Crippen LogP contribution is 2.11. The van der Waals surface area contributed by atoms with E-state index in [4.69, 9.17) is 4.74 Å². The number of nitrogens with zero attached hydrogens (tertiary/aromatic N) is 2. The van der Waals surface area contributed by atoms with Gasteiger partial charge in [-0.3, -0.25) is 0 Å². The Kier molecular flexibility index (Phi) is 3.93. The molecule has 16 heavy (non-hydrogen) atoms. The van der Waals surface area contributed by atoms with Crippen molar-refractivity contribution in [2.45, 2.75) is 13.3 Å². The summed E-state index contributed by atoms with van der Waals surface area (Å²) in [5.74, 6) is 1.41. The van der Waals surface area contributed by atoms with Crippen molar-refractivity contribution >= 4 is 5.82 Å². The molecule has 0 aliphatic carbocycles. The van der Waals surface area contributed by atoms with E-state index in [1.165, 1.54) is 6.42 Å². The van der Waals surface area contributed by atoms with Gasteiger partial charge in [-0.1, -0.05) is 0 Å². The van der Waals surface area contributed by atoms with Gasteiger partial charge in [0.1, 0.15) is 5.82 Å². The minimum absolute atomic E-state index is 0.463. The van der Waals surface area contributed by atoms with Gasteiger partial charge in [-0.15, -0.1) is 0 Å². The molecule has 1 aromatic rings. The molecule has 5 nitrogen and oxygen atoms in total. The summed E-state index contributed by atoms with van der Waals surface area (Å²) in [6, 6.07) is 2.30. The topological polar surface area (TPSA) is 59.1 Å². The standard InChI is InChI=1S/C11H18N4O/c1-2-13-10-4-6-14-11(15-10)16-8-9-3-5-12-7-9/h4,6,9,12H,2-3,5,7-8H2,1H3,(H,13,14,15)/t9-/m1/s1. The number of nitrogens with one attached hydrogen (secondary N) is 2. The summed E-state index contributed by atoms with van der Waals surface area (Å²) in [7, 11) is 0. The average molecular weight is 222 g/mol. The van der Waals surface area contributed by atoms with Crippen LogP contribution in [0.1, 0.15) is 13.3 Å². The first-order valence-corrected chi connectivity index (χ1v) is 5.79. The van der Waals surface area contributed by atoms with Crippen LogP contribution in [0.25, 0.3) is 0 Å². The Morgan fingerprint density at radius 2 is 2.56 bits per heavy atom. The lowest BCUT2D eigenvalue weighted by molar-refractivity contribution is 0.241. The molecule has 5 heteroatoms. The first-order chi connectivity index (χ1) is 7.88. The van der Waals surface area contributed by atoms with E-state index in [1.807, 2.05) is 13.0 Å².